The number of nitrogen functional groups attached to an aromatic ring is 1. The van der Waals surface area contributed by atoms with Gasteiger partial charge in [0.2, 0.25) is 5.95 Å². The second-order valence-electron chi connectivity index (χ2n) is 8.53. The number of nitrogens with zero attached hydrogens (tertiary/aromatic N) is 5. The van der Waals surface area contributed by atoms with Gasteiger partial charge in [0.05, 0.1) is 21.1 Å². The van der Waals surface area contributed by atoms with Crippen LogP contribution in [0.1, 0.15) is 25.0 Å². The number of hydrogen-bond donors (Lipinski definition) is 2. The van der Waals surface area contributed by atoms with E-state index < -0.39 is 5.69 Å². The average Bonchev–Trinajstić information content (AvgIpc) is 2.98. The van der Waals surface area contributed by atoms with Crippen LogP contribution in [0.15, 0.2) is 47.4 Å². The van der Waals surface area contributed by atoms with Crippen LogP contribution in [0.4, 0.5) is 17.5 Å². The van der Waals surface area contributed by atoms with Gasteiger partial charge in [0.25, 0.3) is 0 Å². The van der Waals surface area contributed by atoms with Gasteiger partial charge in [0.15, 0.2) is 5.65 Å². The first-order valence-electron chi connectivity index (χ1n) is 10.3. The molecule has 0 amide bonds. The van der Waals surface area contributed by atoms with E-state index in [1.807, 2.05) is 6.07 Å². The smallest absolute Gasteiger partial charge is 0.355 e. The molecule has 5 rings (SSSR count). The van der Waals surface area contributed by atoms with E-state index in [2.05, 4.69) is 58.2 Å². The van der Waals surface area contributed by atoms with E-state index in [1.165, 1.54) is 21.9 Å². The summed E-state index contributed by atoms with van der Waals surface area (Å²) in [7, 11) is 2.11. The molecule has 0 saturated heterocycles. The van der Waals surface area contributed by atoms with E-state index in [4.69, 9.17) is 28.9 Å². The Morgan fingerprint density at radius 3 is 2.58 bits per heavy atom. The van der Waals surface area contributed by atoms with Crippen molar-refractivity contribution in [3.05, 3.63) is 74.3 Å². The molecule has 0 unspecified atom stereocenters. The Morgan fingerprint density at radius 1 is 1.12 bits per heavy atom. The van der Waals surface area contributed by atoms with Gasteiger partial charge in [-0.3, -0.25) is 4.90 Å². The van der Waals surface area contributed by atoms with E-state index in [-0.39, 0.29) is 32.7 Å². The first-order valence-corrected chi connectivity index (χ1v) is 11.0. The lowest BCUT2D eigenvalue weighted by molar-refractivity contribution is 0.178. The molecule has 168 valence electrons. The fraction of sp³-hybridized carbons (Fsp3) is 0.217. The maximum atomic E-state index is 12.8. The summed E-state index contributed by atoms with van der Waals surface area (Å²) in [5.41, 5.74) is 9.42. The molecule has 0 aliphatic carbocycles. The molecule has 3 heterocycles. The van der Waals surface area contributed by atoms with Gasteiger partial charge < -0.3 is 11.1 Å². The second kappa shape index (κ2) is 7.69. The molecular weight excluding hydrogens is 461 g/mol. The molecule has 0 spiro atoms. The first kappa shape index (κ1) is 21.6. The van der Waals surface area contributed by atoms with Gasteiger partial charge in [-0.15, -0.1) is 0 Å². The molecule has 0 saturated carbocycles. The largest absolute Gasteiger partial charge is 0.384 e. The van der Waals surface area contributed by atoms with Gasteiger partial charge >= 0.3 is 5.69 Å². The standard InChI is InChI=1S/C23H21Cl2N7O/c1-23(2)15-9-13(8-7-12(15)11-31(23)3)28-21-27-10-14-19(26)32(22(33)30-20(14)29-21)18-16(24)5-4-6-17(18)25/h4-10H,11,26H2,1-3H3,(H,28,29,30,33). The Labute approximate surface area is 200 Å². The molecule has 4 aromatic rings. The highest BCUT2D eigenvalue weighted by Gasteiger charge is 2.34. The summed E-state index contributed by atoms with van der Waals surface area (Å²) in [6, 6.07) is 11.1. The molecule has 1 aliphatic rings. The number of anilines is 3. The molecule has 2 aromatic heterocycles. The minimum Gasteiger partial charge on any atom is -0.384 e. The van der Waals surface area contributed by atoms with Crippen molar-refractivity contribution in [2.24, 2.45) is 0 Å². The van der Waals surface area contributed by atoms with Crippen LogP contribution in [0.2, 0.25) is 10.0 Å². The quantitative estimate of drug-likeness (QED) is 0.444. The highest BCUT2D eigenvalue weighted by atomic mass is 35.5. The van der Waals surface area contributed by atoms with Crippen LogP contribution in [0.3, 0.4) is 0 Å². The lowest BCUT2D eigenvalue weighted by Gasteiger charge is -2.28. The molecule has 0 atom stereocenters. The van der Waals surface area contributed by atoms with E-state index in [0.29, 0.717) is 11.3 Å². The lowest BCUT2D eigenvalue weighted by atomic mass is 9.93. The minimum atomic E-state index is -0.637. The van der Waals surface area contributed by atoms with Crippen molar-refractivity contribution in [1.82, 2.24) is 24.4 Å². The Morgan fingerprint density at radius 2 is 1.85 bits per heavy atom. The summed E-state index contributed by atoms with van der Waals surface area (Å²) in [5.74, 6) is 0.417. The third kappa shape index (κ3) is 3.51. The molecule has 10 heteroatoms. The summed E-state index contributed by atoms with van der Waals surface area (Å²) in [4.78, 5) is 28.0. The van der Waals surface area contributed by atoms with E-state index in [9.17, 15) is 4.79 Å². The summed E-state index contributed by atoms with van der Waals surface area (Å²) in [6.45, 7) is 5.29. The van der Waals surface area contributed by atoms with Crippen LogP contribution in [-0.2, 0) is 12.1 Å². The zero-order valence-electron chi connectivity index (χ0n) is 18.2. The molecule has 8 nitrogen and oxygen atoms in total. The van der Waals surface area contributed by atoms with Crippen molar-refractivity contribution in [3.63, 3.8) is 0 Å². The summed E-state index contributed by atoms with van der Waals surface area (Å²) >= 11 is 12.5. The number of nitrogens with one attached hydrogen (secondary N) is 1. The molecule has 0 bridgehead atoms. The van der Waals surface area contributed by atoms with Gasteiger partial charge in [-0.05, 0) is 56.3 Å². The second-order valence-corrected chi connectivity index (χ2v) is 9.34. The van der Waals surface area contributed by atoms with Gasteiger partial charge in [0.1, 0.15) is 5.82 Å². The number of hydrogen-bond acceptors (Lipinski definition) is 7. The molecule has 33 heavy (non-hydrogen) atoms. The third-order valence-corrected chi connectivity index (χ3v) is 6.84. The Hall–Kier alpha value is -3.20. The molecule has 0 fully saturated rings. The number of fused-ring (bicyclic) bond motifs is 2. The highest BCUT2D eigenvalue weighted by molar-refractivity contribution is 6.37. The fourth-order valence-corrected chi connectivity index (χ4v) is 4.70. The number of aromatic nitrogens is 4. The van der Waals surface area contributed by atoms with E-state index in [1.54, 1.807) is 18.2 Å². The van der Waals surface area contributed by atoms with Crippen LogP contribution in [-0.4, -0.2) is 31.5 Å². The Balaban J connectivity index is 1.55. The average molecular weight is 482 g/mol. The zero-order chi connectivity index (χ0) is 23.5. The monoisotopic (exact) mass is 481 g/mol. The van der Waals surface area contributed by atoms with Crippen LogP contribution in [0.25, 0.3) is 16.7 Å². The van der Waals surface area contributed by atoms with E-state index >= 15 is 0 Å². The molecule has 1 aliphatic heterocycles. The van der Waals surface area contributed by atoms with Crippen molar-refractivity contribution in [2.75, 3.05) is 18.1 Å². The Kier molecular flexibility index (Phi) is 5.04. The fourth-order valence-electron chi connectivity index (χ4n) is 4.13. The van der Waals surface area contributed by atoms with Gasteiger partial charge in [-0.2, -0.15) is 9.97 Å². The number of rotatable bonds is 3. The van der Waals surface area contributed by atoms with Crippen LogP contribution in [0, 0.1) is 0 Å². The van der Waals surface area contributed by atoms with E-state index in [0.717, 1.165) is 12.2 Å². The molecule has 0 radical (unpaired) electrons. The molecule has 2 aromatic carbocycles. The topological polar surface area (TPSA) is 102 Å². The maximum absolute atomic E-state index is 12.8. The molecular formula is C23H21Cl2N7O. The van der Waals surface area contributed by atoms with Crippen LogP contribution < -0.4 is 16.7 Å². The van der Waals surface area contributed by atoms with Gasteiger partial charge in [-0.25, -0.2) is 14.3 Å². The van der Waals surface area contributed by atoms with Crippen molar-refractivity contribution in [2.45, 2.75) is 25.9 Å². The van der Waals surface area contributed by atoms with Crippen LogP contribution in [0.5, 0.6) is 0 Å². The van der Waals surface area contributed by atoms with Crippen molar-refractivity contribution in [3.8, 4) is 5.69 Å². The number of benzene rings is 2. The maximum Gasteiger partial charge on any atom is 0.355 e. The van der Waals surface area contributed by atoms with Crippen molar-refractivity contribution >= 4 is 51.7 Å². The predicted octanol–water partition coefficient (Wildman–Crippen LogP) is 4.49. The number of nitrogens with two attached hydrogens (primary N) is 1. The zero-order valence-corrected chi connectivity index (χ0v) is 19.7. The normalized spacial score (nSPS) is 15.1. The molecule has 3 N–H and O–H groups in total. The van der Waals surface area contributed by atoms with Crippen LogP contribution >= 0.6 is 23.2 Å². The van der Waals surface area contributed by atoms with Gasteiger partial charge in [0, 0.05) is 24.0 Å². The predicted molar refractivity (Wildman–Crippen MR) is 132 cm³/mol. The first-order chi connectivity index (χ1) is 15.7. The lowest BCUT2D eigenvalue weighted by Crippen LogP contribution is -2.31. The highest BCUT2D eigenvalue weighted by Crippen LogP contribution is 2.39. The summed E-state index contributed by atoms with van der Waals surface area (Å²) in [5, 5.41) is 4.18. The third-order valence-electron chi connectivity index (χ3n) is 6.23. The minimum absolute atomic E-state index is 0.0711. The van der Waals surface area contributed by atoms with Crippen molar-refractivity contribution in [1.29, 1.82) is 0 Å². The Bertz CT molecular complexity index is 1460. The summed E-state index contributed by atoms with van der Waals surface area (Å²) < 4.78 is 1.17. The van der Waals surface area contributed by atoms with Crippen molar-refractivity contribution < 1.29 is 0 Å². The number of para-hydroxylation sites is 1. The van der Waals surface area contributed by atoms with Gasteiger partial charge in [-0.1, -0.05) is 35.3 Å². The summed E-state index contributed by atoms with van der Waals surface area (Å²) in [6.07, 6.45) is 1.53. The number of halogens is 2. The SMILES string of the molecule is CN1Cc2ccc(Nc3ncc4c(N)n(-c5c(Cl)cccc5Cl)c(=O)nc4n3)cc2C1(C)C.